The maximum atomic E-state index is 13.5. The predicted molar refractivity (Wildman–Crippen MR) is 117 cm³/mol. The van der Waals surface area contributed by atoms with E-state index >= 15 is 0 Å². The van der Waals surface area contributed by atoms with Crippen LogP contribution >= 0.6 is 0 Å². The van der Waals surface area contributed by atoms with Gasteiger partial charge in [0.25, 0.3) is 5.91 Å². The van der Waals surface area contributed by atoms with E-state index < -0.39 is 0 Å². The molecule has 4 heterocycles. The second kappa shape index (κ2) is 8.45. The number of carbonyl (C=O) groups excluding carboxylic acids is 1. The van der Waals surface area contributed by atoms with Crippen molar-refractivity contribution < 1.29 is 9.32 Å². The third-order valence-corrected chi connectivity index (χ3v) is 5.50. The van der Waals surface area contributed by atoms with Gasteiger partial charge in [-0.1, -0.05) is 25.1 Å². The SMILES string of the molecule is Cc1cc(C)nc(Nc2cccc([C@H]3CCCN3C(=O)c3c(C(C)C)noc3C)n2)n1. The number of nitrogens with one attached hydrogen (secondary N) is 1. The zero-order valence-electron chi connectivity index (χ0n) is 18.6. The Bertz CT molecular complexity index is 1090. The summed E-state index contributed by atoms with van der Waals surface area (Å²) in [5.74, 6) is 1.81. The van der Waals surface area contributed by atoms with Crippen LogP contribution in [0.5, 0.6) is 0 Å². The van der Waals surface area contributed by atoms with Crippen molar-refractivity contribution in [3.8, 4) is 0 Å². The summed E-state index contributed by atoms with van der Waals surface area (Å²) in [4.78, 5) is 29.0. The molecule has 0 aromatic carbocycles. The normalized spacial score (nSPS) is 16.2. The van der Waals surface area contributed by atoms with Crippen LogP contribution < -0.4 is 5.32 Å². The van der Waals surface area contributed by atoms with E-state index in [0.29, 0.717) is 35.3 Å². The van der Waals surface area contributed by atoms with E-state index in [1.807, 2.05) is 56.9 Å². The van der Waals surface area contributed by atoms with Crippen molar-refractivity contribution in [2.45, 2.75) is 59.4 Å². The van der Waals surface area contributed by atoms with Crippen LogP contribution in [0.3, 0.4) is 0 Å². The number of pyridine rings is 1. The fraction of sp³-hybridized carbons (Fsp3) is 0.435. The summed E-state index contributed by atoms with van der Waals surface area (Å²) in [6, 6.07) is 7.62. The molecule has 1 aliphatic heterocycles. The summed E-state index contributed by atoms with van der Waals surface area (Å²) in [6.45, 7) is 10.4. The lowest BCUT2D eigenvalue weighted by atomic mass is 10.0. The zero-order chi connectivity index (χ0) is 22.1. The summed E-state index contributed by atoms with van der Waals surface area (Å²) >= 11 is 0. The fourth-order valence-electron chi connectivity index (χ4n) is 4.11. The molecule has 3 aromatic rings. The number of anilines is 2. The lowest BCUT2D eigenvalue weighted by Gasteiger charge is -2.25. The van der Waals surface area contributed by atoms with Gasteiger partial charge >= 0.3 is 0 Å². The summed E-state index contributed by atoms with van der Waals surface area (Å²) in [5.41, 5.74) is 3.93. The highest BCUT2D eigenvalue weighted by molar-refractivity contribution is 5.96. The van der Waals surface area contributed by atoms with Crippen LogP contribution in [0.15, 0.2) is 28.8 Å². The molecule has 0 bridgehead atoms. The molecule has 1 fully saturated rings. The number of carbonyl (C=O) groups is 1. The standard InChI is InChI=1S/C23H28N6O2/c1-13(2)21-20(16(5)31-28-21)22(30)29-11-7-9-18(29)17-8-6-10-19(26-17)27-23-24-14(3)12-15(4)25-23/h6,8,10,12-13,18H,7,9,11H2,1-5H3,(H,24,25,26,27)/t18-/m1/s1. The number of rotatable bonds is 5. The fourth-order valence-corrected chi connectivity index (χ4v) is 4.11. The molecule has 0 unspecified atom stereocenters. The molecule has 0 radical (unpaired) electrons. The average Bonchev–Trinajstić information content (AvgIpc) is 3.34. The molecule has 31 heavy (non-hydrogen) atoms. The smallest absolute Gasteiger partial charge is 0.259 e. The van der Waals surface area contributed by atoms with Crippen LogP contribution in [0, 0.1) is 20.8 Å². The molecule has 1 amide bonds. The first-order valence-corrected chi connectivity index (χ1v) is 10.7. The maximum Gasteiger partial charge on any atom is 0.259 e. The average molecular weight is 421 g/mol. The van der Waals surface area contributed by atoms with Gasteiger partial charge < -0.3 is 14.7 Å². The highest BCUT2D eigenvalue weighted by atomic mass is 16.5. The molecular formula is C23H28N6O2. The molecule has 0 spiro atoms. The Labute approximate surface area is 182 Å². The highest BCUT2D eigenvalue weighted by Crippen LogP contribution is 2.34. The van der Waals surface area contributed by atoms with E-state index in [0.717, 1.165) is 29.9 Å². The van der Waals surface area contributed by atoms with Gasteiger partial charge in [-0.15, -0.1) is 0 Å². The van der Waals surface area contributed by atoms with Crippen LogP contribution in [0.25, 0.3) is 0 Å². The van der Waals surface area contributed by atoms with Crippen molar-refractivity contribution in [1.82, 2.24) is 25.0 Å². The minimum Gasteiger partial charge on any atom is -0.361 e. The molecule has 0 aliphatic carbocycles. The van der Waals surface area contributed by atoms with Crippen LogP contribution in [0.1, 0.15) is 77.5 Å². The largest absolute Gasteiger partial charge is 0.361 e. The molecule has 162 valence electrons. The van der Waals surface area contributed by atoms with Gasteiger partial charge in [0, 0.05) is 17.9 Å². The Morgan fingerprint density at radius 2 is 1.90 bits per heavy atom. The van der Waals surface area contributed by atoms with E-state index in [1.54, 1.807) is 6.92 Å². The van der Waals surface area contributed by atoms with Gasteiger partial charge in [-0.2, -0.15) is 0 Å². The number of nitrogens with zero attached hydrogens (tertiary/aromatic N) is 5. The number of likely N-dealkylation sites (tertiary alicyclic amines) is 1. The molecular weight excluding hydrogens is 392 g/mol. The first-order chi connectivity index (χ1) is 14.8. The summed E-state index contributed by atoms with van der Waals surface area (Å²) < 4.78 is 5.35. The minimum absolute atomic E-state index is 0.0391. The van der Waals surface area contributed by atoms with E-state index in [-0.39, 0.29) is 17.9 Å². The molecule has 1 N–H and O–H groups in total. The van der Waals surface area contributed by atoms with Crippen molar-refractivity contribution in [1.29, 1.82) is 0 Å². The van der Waals surface area contributed by atoms with Gasteiger partial charge in [-0.25, -0.2) is 15.0 Å². The first kappa shape index (κ1) is 21.0. The summed E-state index contributed by atoms with van der Waals surface area (Å²) in [7, 11) is 0. The van der Waals surface area contributed by atoms with Gasteiger partial charge in [-0.3, -0.25) is 4.79 Å². The second-order valence-corrected chi connectivity index (χ2v) is 8.36. The quantitative estimate of drug-likeness (QED) is 0.643. The Balaban J connectivity index is 1.60. The van der Waals surface area contributed by atoms with Crippen molar-refractivity contribution in [3.05, 3.63) is 58.4 Å². The summed E-state index contributed by atoms with van der Waals surface area (Å²) in [6.07, 6.45) is 1.79. The molecule has 0 saturated carbocycles. The molecule has 8 heteroatoms. The third kappa shape index (κ3) is 4.28. The van der Waals surface area contributed by atoms with E-state index in [2.05, 4.69) is 20.4 Å². The van der Waals surface area contributed by atoms with Gasteiger partial charge in [0.2, 0.25) is 5.95 Å². The van der Waals surface area contributed by atoms with Crippen molar-refractivity contribution in [2.75, 3.05) is 11.9 Å². The van der Waals surface area contributed by atoms with Gasteiger partial charge in [0.1, 0.15) is 17.1 Å². The molecule has 8 nitrogen and oxygen atoms in total. The zero-order valence-corrected chi connectivity index (χ0v) is 18.6. The van der Waals surface area contributed by atoms with Crippen LogP contribution in [0.4, 0.5) is 11.8 Å². The second-order valence-electron chi connectivity index (χ2n) is 8.36. The lowest BCUT2D eigenvalue weighted by molar-refractivity contribution is 0.0730. The number of hydrogen-bond donors (Lipinski definition) is 1. The van der Waals surface area contributed by atoms with Crippen molar-refractivity contribution >= 4 is 17.7 Å². The van der Waals surface area contributed by atoms with Crippen LogP contribution in [0.2, 0.25) is 0 Å². The highest BCUT2D eigenvalue weighted by Gasteiger charge is 2.35. The monoisotopic (exact) mass is 420 g/mol. The van der Waals surface area contributed by atoms with Crippen molar-refractivity contribution in [3.63, 3.8) is 0 Å². The summed E-state index contributed by atoms with van der Waals surface area (Å²) in [5, 5.41) is 7.31. The maximum absolute atomic E-state index is 13.5. The van der Waals surface area contributed by atoms with E-state index in [1.165, 1.54) is 0 Å². The van der Waals surface area contributed by atoms with Gasteiger partial charge in [0.05, 0.1) is 17.4 Å². The van der Waals surface area contributed by atoms with Crippen molar-refractivity contribution in [2.24, 2.45) is 0 Å². The Morgan fingerprint density at radius 1 is 1.16 bits per heavy atom. The molecule has 3 aromatic heterocycles. The molecule has 1 atom stereocenters. The third-order valence-electron chi connectivity index (χ3n) is 5.50. The number of aromatic nitrogens is 4. The molecule has 1 saturated heterocycles. The predicted octanol–water partition coefficient (Wildman–Crippen LogP) is 4.63. The van der Waals surface area contributed by atoms with E-state index in [4.69, 9.17) is 9.51 Å². The van der Waals surface area contributed by atoms with E-state index in [9.17, 15) is 4.79 Å². The Hall–Kier alpha value is -3.29. The topological polar surface area (TPSA) is 97.0 Å². The number of aryl methyl sites for hydroxylation is 3. The molecule has 1 aliphatic rings. The lowest BCUT2D eigenvalue weighted by Crippen LogP contribution is -2.32. The van der Waals surface area contributed by atoms with Gasteiger partial charge in [0.15, 0.2) is 0 Å². The van der Waals surface area contributed by atoms with Crippen LogP contribution in [-0.4, -0.2) is 37.5 Å². The molecule has 4 rings (SSSR count). The number of amides is 1. The Morgan fingerprint density at radius 3 is 2.61 bits per heavy atom. The van der Waals surface area contributed by atoms with Gasteiger partial charge in [-0.05, 0) is 57.7 Å². The number of hydrogen-bond acceptors (Lipinski definition) is 7. The first-order valence-electron chi connectivity index (χ1n) is 10.7. The Kier molecular flexibility index (Phi) is 5.71. The van der Waals surface area contributed by atoms with Crippen LogP contribution in [-0.2, 0) is 0 Å². The minimum atomic E-state index is -0.0938.